The summed E-state index contributed by atoms with van der Waals surface area (Å²) in [6, 6.07) is 8.84. The Hall–Kier alpha value is -3.63. The summed E-state index contributed by atoms with van der Waals surface area (Å²) < 4.78 is 4.67. The van der Waals surface area contributed by atoms with Crippen LogP contribution < -0.4 is 11.2 Å². The molecule has 10 nitrogen and oxygen atoms in total. The SMILES string of the molecule is N/N=C(\c1ccc(O)cc1O)c1nc2nonc2nc1Nc1ccc(Cl)c(Cl)c1. The number of rotatable bonds is 4. The van der Waals surface area contributed by atoms with Gasteiger partial charge in [-0.05, 0) is 40.6 Å². The van der Waals surface area contributed by atoms with Crippen LogP contribution in [-0.2, 0) is 0 Å². The fraction of sp³-hybridized carbons (Fsp3) is 0. The normalized spacial score (nSPS) is 11.7. The van der Waals surface area contributed by atoms with Crippen molar-refractivity contribution in [1.29, 1.82) is 0 Å². The molecule has 146 valence electrons. The lowest BCUT2D eigenvalue weighted by Crippen LogP contribution is -2.13. The molecule has 4 aromatic rings. The average Bonchev–Trinajstić information content (AvgIpc) is 3.14. The van der Waals surface area contributed by atoms with Gasteiger partial charge in [0.2, 0.25) is 11.3 Å². The molecule has 2 aromatic heterocycles. The van der Waals surface area contributed by atoms with Gasteiger partial charge in [-0.15, -0.1) is 0 Å². The Morgan fingerprint density at radius 1 is 1.00 bits per heavy atom. The molecule has 0 unspecified atom stereocenters. The number of phenolic OH excluding ortho intramolecular Hbond substituents is 2. The number of nitrogens with two attached hydrogens (primary N) is 1. The van der Waals surface area contributed by atoms with Crippen LogP contribution in [0.1, 0.15) is 11.3 Å². The van der Waals surface area contributed by atoms with Crippen molar-refractivity contribution in [2.24, 2.45) is 10.9 Å². The first-order valence-corrected chi connectivity index (χ1v) is 8.75. The second-order valence-electron chi connectivity index (χ2n) is 5.77. The molecule has 0 radical (unpaired) electrons. The van der Waals surface area contributed by atoms with Gasteiger partial charge in [0.1, 0.15) is 22.9 Å². The van der Waals surface area contributed by atoms with Crippen LogP contribution in [-0.4, -0.2) is 36.2 Å². The van der Waals surface area contributed by atoms with Crippen LogP contribution >= 0.6 is 23.2 Å². The molecule has 29 heavy (non-hydrogen) atoms. The molecule has 0 aliphatic heterocycles. The van der Waals surface area contributed by atoms with E-state index >= 15 is 0 Å². The summed E-state index contributed by atoms with van der Waals surface area (Å²) in [5, 5.41) is 34.7. The minimum Gasteiger partial charge on any atom is -0.508 e. The van der Waals surface area contributed by atoms with E-state index in [2.05, 4.69) is 35.3 Å². The summed E-state index contributed by atoms with van der Waals surface area (Å²) in [4.78, 5) is 8.69. The summed E-state index contributed by atoms with van der Waals surface area (Å²) in [5.41, 5.74) is 1.26. The van der Waals surface area contributed by atoms with Crippen molar-refractivity contribution < 1.29 is 14.8 Å². The van der Waals surface area contributed by atoms with E-state index < -0.39 is 0 Å². The van der Waals surface area contributed by atoms with E-state index in [1.807, 2.05) is 0 Å². The van der Waals surface area contributed by atoms with Crippen molar-refractivity contribution in [2.45, 2.75) is 0 Å². The molecule has 0 saturated carbocycles. The number of halogens is 2. The van der Waals surface area contributed by atoms with Crippen molar-refractivity contribution in [3.05, 3.63) is 57.7 Å². The minimum atomic E-state index is -0.255. The first kappa shape index (κ1) is 18.7. The number of anilines is 2. The zero-order chi connectivity index (χ0) is 20.5. The van der Waals surface area contributed by atoms with Crippen LogP contribution in [0, 0.1) is 0 Å². The van der Waals surface area contributed by atoms with Gasteiger partial charge in [-0.1, -0.05) is 23.2 Å². The molecule has 5 N–H and O–H groups in total. The molecule has 0 aliphatic carbocycles. The Morgan fingerprint density at radius 3 is 2.45 bits per heavy atom. The third kappa shape index (κ3) is 3.58. The maximum Gasteiger partial charge on any atom is 0.245 e. The van der Waals surface area contributed by atoms with E-state index in [4.69, 9.17) is 29.0 Å². The third-order valence-electron chi connectivity index (χ3n) is 3.89. The summed E-state index contributed by atoms with van der Waals surface area (Å²) in [7, 11) is 0. The van der Waals surface area contributed by atoms with Gasteiger partial charge in [-0.3, -0.25) is 0 Å². The molecule has 12 heteroatoms. The highest BCUT2D eigenvalue weighted by atomic mass is 35.5. The van der Waals surface area contributed by atoms with Crippen LogP contribution in [0.15, 0.2) is 46.1 Å². The van der Waals surface area contributed by atoms with E-state index in [-0.39, 0.29) is 45.6 Å². The maximum atomic E-state index is 10.2. The number of phenols is 2. The van der Waals surface area contributed by atoms with Crippen LogP contribution in [0.5, 0.6) is 11.5 Å². The van der Waals surface area contributed by atoms with Gasteiger partial charge >= 0.3 is 0 Å². The Labute approximate surface area is 172 Å². The van der Waals surface area contributed by atoms with Crippen molar-refractivity contribution in [3.8, 4) is 11.5 Å². The fourth-order valence-electron chi connectivity index (χ4n) is 2.58. The van der Waals surface area contributed by atoms with E-state index in [1.165, 1.54) is 12.1 Å². The molecule has 2 heterocycles. The Balaban J connectivity index is 1.87. The maximum absolute atomic E-state index is 10.2. The molecule has 0 saturated heterocycles. The Kier molecular flexibility index (Phi) is 4.79. The fourth-order valence-corrected chi connectivity index (χ4v) is 2.88. The number of aromatic hydroxyl groups is 2. The van der Waals surface area contributed by atoms with Gasteiger partial charge in [-0.25, -0.2) is 14.6 Å². The van der Waals surface area contributed by atoms with Crippen molar-refractivity contribution >= 4 is 51.7 Å². The molecule has 0 aliphatic rings. The quantitative estimate of drug-likeness (QED) is 0.216. The average molecular weight is 432 g/mol. The number of hydrogen-bond acceptors (Lipinski definition) is 10. The third-order valence-corrected chi connectivity index (χ3v) is 4.63. The summed E-state index contributed by atoms with van der Waals surface area (Å²) in [5.74, 6) is 5.41. The topological polar surface area (TPSA) is 156 Å². The summed E-state index contributed by atoms with van der Waals surface area (Å²) in [6.45, 7) is 0. The minimum absolute atomic E-state index is 0.0856. The first-order valence-electron chi connectivity index (χ1n) is 7.99. The number of hydrazone groups is 1. The lowest BCUT2D eigenvalue weighted by molar-refractivity contribution is 0.314. The van der Waals surface area contributed by atoms with Gasteiger partial charge in [-0.2, -0.15) is 5.10 Å². The van der Waals surface area contributed by atoms with Gasteiger partial charge in [0, 0.05) is 17.3 Å². The molecule has 0 atom stereocenters. The van der Waals surface area contributed by atoms with Gasteiger partial charge in [0.25, 0.3) is 0 Å². The lowest BCUT2D eigenvalue weighted by Gasteiger charge is -2.13. The molecule has 2 aromatic carbocycles. The standard InChI is InChI=1S/C17H11Cl2N7O3/c18-10-4-1-7(5-11(10)19)21-15-14(22-16-17(23-15)26-29-25-16)13(24-20)9-3-2-8(27)6-12(9)28/h1-6,27-28H,20H2,(H,21,23,26)/b24-13+. The van der Waals surface area contributed by atoms with E-state index in [0.717, 1.165) is 6.07 Å². The number of hydrogen-bond donors (Lipinski definition) is 4. The zero-order valence-electron chi connectivity index (χ0n) is 14.3. The largest absolute Gasteiger partial charge is 0.508 e. The Bertz CT molecular complexity index is 1260. The molecule has 0 fully saturated rings. The van der Waals surface area contributed by atoms with Crippen LogP contribution in [0.25, 0.3) is 11.3 Å². The predicted octanol–water partition coefficient (Wildman–Crippen LogP) is 3.19. The monoisotopic (exact) mass is 431 g/mol. The molecule has 0 spiro atoms. The van der Waals surface area contributed by atoms with E-state index in [0.29, 0.717) is 15.7 Å². The zero-order valence-corrected chi connectivity index (χ0v) is 15.8. The molecule has 0 bridgehead atoms. The number of aromatic nitrogens is 4. The van der Waals surface area contributed by atoms with Crippen LogP contribution in [0.3, 0.4) is 0 Å². The molecular formula is C17H11Cl2N7O3. The number of nitrogens with one attached hydrogen (secondary N) is 1. The number of nitrogens with zero attached hydrogens (tertiary/aromatic N) is 5. The lowest BCUT2D eigenvalue weighted by atomic mass is 10.1. The predicted molar refractivity (Wildman–Crippen MR) is 107 cm³/mol. The second-order valence-corrected chi connectivity index (χ2v) is 6.58. The summed E-state index contributed by atoms with van der Waals surface area (Å²) in [6.07, 6.45) is 0. The van der Waals surface area contributed by atoms with Crippen LogP contribution in [0.2, 0.25) is 10.0 Å². The molecule has 4 rings (SSSR count). The molecule has 0 amide bonds. The van der Waals surface area contributed by atoms with Crippen LogP contribution in [0.4, 0.5) is 11.5 Å². The first-order chi connectivity index (χ1) is 14.0. The van der Waals surface area contributed by atoms with Crippen molar-refractivity contribution in [3.63, 3.8) is 0 Å². The number of benzene rings is 2. The number of fused-ring (bicyclic) bond motifs is 1. The highest BCUT2D eigenvalue weighted by Gasteiger charge is 2.22. The van der Waals surface area contributed by atoms with Crippen molar-refractivity contribution in [1.82, 2.24) is 20.3 Å². The highest BCUT2D eigenvalue weighted by Crippen LogP contribution is 2.30. The van der Waals surface area contributed by atoms with Gasteiger partial charge < -0.3 is 21.4 Å². The highest BCUT2D eigenvalue weighted by molar-refractivity contribution is 6.42. The van der Waals surface area contributed by atoms with Crippen molar-refractivity contribution in [2.75, 3.05) is 5.32 Å². The Morgan fingerprint density at radius 2 is 1.76 bits per heavy atom. The smallest absolute Gasteiger partial charge is 0.245 e. The van der Waals surface area contributed by atoms with E-state index in [9.17, 15) is 10.2 Å². The second kappa shape index (κ2) is 7.41. The van der Waals surface area contributed by atoms with E-state index in [1.54, 1.807) is 18.2 Å². The summed E-state index contributed by atoms with van der Waals surface area (Å²) >= 11 is 12.0. The molecular weight excluding hydrogens is 421 g/mol. The van der Waals surface area contributed by atoms with Gasteiger partial charge in [0.05, 0.1) is 10.0 Å². The van der Waals surface area contributed by atoms with Gasteiger partial charge in [0.15, 0.2) is 5.82 Å².